The van der Waals surface area contributed by atoms with Crippen molar-refractivity contribution < 1.29 is 23.5 Å². The number of nitrogens with one attached hydrogen (secondary N) is 1. The molecule has 7 nitrogen and oxygen atoms in total. The Hall–Kier alpha value is -4.69. The number of methoxy groups -OCH3 is 1. The minimum atomic E-state index is -0.919. The molecule has 0 bridgehead atoms. The van der Waals surface area contributed by atoms with Crippen molar-refractivity contribution in [2.24, 2.45) is 0 Å². The molecular weight excluding hydrogens is 533 g/mol. The number of halogens is 2. The second-order valence-electron chi connectivity index (χ2n) is 9.13. The van der Waals surface area contributed by atoms with E-state index in [1.807, 2.05) is 54.7 Å². The number of imidazole rings is 1. The Morgan fingerprint density at radius 3 is 2.27 bits per heavy atom. The fraction of sp³-hybridized carbons (Fsp3) is 0.129. The lowest BCUT2D eigenvalue weighted by molar-refractivity contribution is -0.142. The Morgan fingerprint density at radius 2 is 1.57 bits per heavy atom. The van der Waals surface area contributed by atoms with Crippen LogP contribution in [0.15, 0.2) is 97.3 Å². The van der Waals surface area contributed by atoms with Gasteiger partial charge in [0.2, 0.25) is 0 Å². The molecule has 1 amide bonds. The summed E-state index contributed by atoms with van der Waals surface area (Å²) in [5, 5.41) is 3.40. The molecule has 3 aromatic carbocycles. The average molecular weight is 558 g/mol. The van der Waals surface area contributed by atoms with E-state index in [0.29, 0.717) is 23.0 Å². The van der Waals surface area contributed by atoms with Gasteiger partial charge in [-0.2, -0.15) is 0 Å². The lowest BCUT2D eigenvalue weighted by Crippen LogP contribution is -2.43. The molecule has 1 N–H and O–H groups in total. The third-order valence-corrected chi connectivity index (χ3v) is 6.59. The van der Waals surface area contributed by atoms with Crippen molar-refractivity contribution in [1.82, 2.24) is 14.7 Å². The number of aromatic nitrogens is 2. The molecule has 0 aliphatic heterocycles. The van der Waals surface area contributed by atoms with Crippen LogP contribution in [-0.2, 0) is 22.6 Å². The summed E-state index contributed by atoms with van der Waals surface area (Å²) < 4.78 is 25.5. The van der Waals surface area contributed by atoms with Crippen molar-refractivity contribution in [2.75, 3.05) is 7.11 Å². The van der Waals surface area contributed by atoms with E-state index in [4.69, 9.17) is 21.1 Å². The second kappa shape index (κ2) is 12.0. The van der Waals surface area contributed by atoms with Crippen molar-refractivity contribution >= 4 is 29.1 Å². The smallest absolute Gasteiger partial charge is 0.328 e. The Balaban J connectivity index is 1.25. The van der Waals surface area contributed by atoms with Crippen LogP contribution in [0, 0.1) is 5.82 Å². The summed E-state index contributed by atoms with van der Waals surface area (Å²) in [6, 6.07) is 23.5. The maximum Gasteiger partial charge on any atom is 0.328 e. The van der Waals surface area contributed by atoms with E-state index in [0.717, 1.165) is 22.3 Å². The SMILES string of the molecule is COC(=O)C(Cc1ccc(OCc2ccc(F)cc2)cc1)NC(=O)c1cn2cc(-c3ccc(Cl)cc3)ccc2n1. The Kier molecular flexibility index (Phi) is 8.07. The highest BCUT2D eigenvalue weighted by Crippen LogP contribution is 2.22. The summed E-state index contributed by atoms with van der Waals surface area (Å²) >= 11 is 5.99. The third-order valence-electron chi connectivity index (χ3n) is 6.33. The summed E-state index contributed by atoms with van der Waals surface area (Å²) in [6.45, 7) is 0.292. The predicted molar refractivity (Wildman–Crippen MR) is 150 cm³/mol. The molecule has 0 spiro atoms. The van der Waals surface area contributed by atoms with Gasteiger partial charge in [-0.25, -0.2) is 14.2 Å². The van der Waals surface area contributed by atoms with Crippen molar-refractivity contribution in [1.29, 1.82) is 0 Å². The molecule has 5 aromatic rings. The molecule has 2 heterocycles. The molecule has 9 heteroatoms. The number of esters is 1. The minimum Gasteiger partial charge on any atom is -0.489 e. The summed E-state index contributed by atoms with van der Waals surface area (Å²) in [6.07, 6.45) is 3.70. The fourth-order valence-electron chi connectivity index (χ4n) is 4.19. The average Bonchev–Trinajstić information content (AvgIpc) is 3.41. The number of hydrogen-bond acceptors (Lipinski definition) is 5. The van der Waals surface area contributed by atoms with Gasteiger partial charge in [-0.15, -0.1) is 0 Å². The van der Waals surface area contributed by atoms with Crippen LogP contribution in [0.4, 0.5) is 4.39 Å². The molecule has 5 rings (SSSR count). The van der Waals surface area contributed by atoms with Crippen LogP contribution in [0.1, 0.15) is 21.6 Å². The summed E-state index contributed by atoms with van der Waals surface area (Å²) in [4.78, 5) is 30.0. The first-order valence-corrected chi connectivity index (χ1v) is 12.9. The van der Waals surface area contributed by atoms with Crippen LogP contribution >= 0.6 is 11.6 Å². The topological polar surface area (TPSA) is 81.9 Å². The van der Waals surface area contributed by atoms with E-state index in [2.05, 4.69) is 10.3 Å². The molecule has 40 heavy (non-hydrogen) atoms. The van der Waals surface area contributed by atoms with Crippen LogP contribution in [0.5, 0.6) is 5.75 Å². The monoisotopic (exact) mass is 557 g/mol. The van der Waals surface area contributed by atoms with Crippen LogP contribution in [-0.4, -0.2) is 34.4 Å². The van der Waals surface area contributed by atoms with E-state index in [1.54, 1.807) is 34.9 Å². The second-order valence-corrected chi connectivity index (χ2v) is 9.57. The summed E-state index contributed by atoms with van der Waals surface area (Å²) in [7, 11) is 1.27. The van der Waals surface area contributed by atoms with E-state index < -0.39 is 17.9 Å². The van der Waals surface area contributed by atoms with E-state index in [-0.39, 0.29) is 17.9 Å². The molecule has 0 saturated heterocycles. The predicted octanol–water partition coefficient (Wildman–Crippen LogP) is 5.89. The van der Waals surface area contributed by atoms with Gasteiger partial charge < -0.3 is 19.2 Å². The number of amides is 1. The fourth-order valence-corrected chi connectivity index (χ4v) is 4.31. The van der Waals surface area contributed by atoms with Gasteiger partial charge in [0, 0.05) is 23.8 Å². The van der Waals surface area contributed by atoms with Crippen LogP contribution in [0.25, 0.3) is 16.8 Å². The standard InChI is InChI=1S/C31H25ClFN3O4/c1-39-31(38)27(16-20-4-13-26(14-5-20)40-19-21-2-11-25(33)12-3-21)35-30(37)28-18-36-17-23(8-15-29(36)34-28)22-6-9-24(32)10-7-22/h2-15,17-18,27H,16,19H2,1H3,(H,35,37). The number of benzene rings is 3. The summed E-state index contributed by atoms with van der Waals surface area (Å²) in [5.41, 5.74) is 4.31. The van der Waals surface area contributed by atoms with Gasteiger partial charge in [0.05, 0.1) is 7.11 Å². The highest BCUT2D eigenvalue weighted by Gasteiger charge is 2.24. The van der Waals surface area contributed by atoms with Crippen molar-refractivity contribution in [2.45, 2.75) is 19.1 Å². The Morgan fingerprint density at radius 1 is 0.900 bits per heavy atom. The van der Waals surface area contributed by atoms with Gasteiger partial charge in [-0.1, -0.05) is 48.0 Å². The van der Waals surface area contributed by atoms with E-state index >= 15 is 0 Å². The zero-order chi connectivity index (χ0) is 28.1. The van der Waals surface area contributed by atoms with Gasteiger partial charge in [0.15, 0.2) is 0 Å². The van der Waals surface area contributed by atoms with E-state index in [9.17, 15) is 14.0 Å². The van der Waals surface area contributed by atoms with E-state index in [1.165, 1.54) is 19.2 Å². The molecule has 0 radical (unpaired) electrons. The molecule has 0 aliphatic rings. The first-order valence-electron chi connectivity index (χ1n) is 12.5. The van der Waals surface area contributed by atoms with Crippen molar-refractivity contribution in [3.05, 3.63) is 125 Å². The molecule has 0 fully saturated rings. The van der Waals surface area contributed by atoms with Gasteiger partial charge in [-0.3, -0.25) is 4.79 Å². The minimum absolute atomic E-state index is 0.173. The van der Waals surface area contributed by atoms with Crippen LogP contribution in [0.3, 0.4) is 0 Å². The highest BCUT2D eigenvalue weighted by atomic mass is 35.5. The number of rotatable bonds is 9. The van der Waals surface area contributed by atoms with Gasteiger partial charge in [0.1, 0.15) is 35.6 Å². The largest absolute Gasteiger partial charge is 0.489 e. The molecule has 1 atom stereocenters. The lowest BCUT2D eigenvalue weighted by atomic mass is 10.1. The number of nitrogens with zero attached hydrogens (tertiary/aromatic N) is 2. The van der Waals surface area contributed by atoms with Crippen LogP contribution < -0.4 is 10.1 Å². The Bertz CT molecular complexity index is 1630. The van der Waals surface area contributed by atoms with Crippen molar-refractivity contribution in [3.63, 3.8) is 0 Å². The van der Waals surface area contributed by atoms with Crippen molar-refractivity contribution in [3.8, 4) is 16.9 Å². The zero-order valence-electron chi connectivity index (χ0n) is 21.5. The molecule has 1 unspecified atom stereocenters. The number of hydrogen-bond donors (Lipinski definition) is 1. The highest BCUT2D eigenvalue weighted by molar-refractivity contribution is 6.30. The maximum atomic E-state index is 13.1. The zero-order valence-corrected chi connectivity index (χ0v) is 22.3. The van der Waals surface area contributed by atoms with Crippen LogP contribution in [0.2, 0.25) is 5.02 Å². The first-order chi connectivity index (χ1) is 19.4. The number of pyridine rings is 1. The maximum absolute atomic E-state index is 13.1. The quantitative estimate of drug-likeness (QED) is 0.229. The van der Waals surface area contributed by atoms with Gasteiger partial charge in [-0.05, 0) is 70.8 Å². The molecular formula is C31H25ClFN3O4. The number of carbonyl (C=O) groups excluding carboxylic acids is 2. The first kappa shape index (κ1) is 26.9. The third kappa shape index (κ3) is 6.47. The lowest BCUT2D eigenvalue weighted by Gasteiger charge is -2.16. The molecule has 0 saturated carbocycles. The summed E-state index contributed by atoms with van der Waals surface area (Å²) in [5.74, 6) is -0.746. The van der Waals surface area contributed by atoms with Gasteiger partial charge in [0.25, 0.3) is 5.91 Å². The normalized spacial score (nSPS) is 11.7. The number of carbonyl (C=O) groups is 2. The number of fused-ring (bicyclic) bond motifs is 1. The molecule has 202 valence electrons. The Labute approximate surface area is 235 Å². The number of ether oxygens (including phenoxy) is 2. The molecule has 2 aromatic heterocycles. The molecule has 0 aliphatic carbocycles. The van der Waals surface area contributed by atoms with Gasteiger partial charge >= 0.3 is 5.97 Å².